The van der Waals surface area contributed by atoms with Crippen molar-refractivity contribution in [2.24, 2.45) is 0 Å². The van der Waals surface area contributed by atoms with Crippen LogP contribution in [0.25, 0.3) is 0 Å². The predicted molar refractivity (Wildman–Crippen MR) is 89.2 cm³/mol. The van der Waals surface area contributed by atoms with Gasteiger partial charge in [0.1, 0.15) is 5.76 Å². The second-order valence-electron chi connectivity index (χ2n) is 5.98. The molecule has 0 unspecified atom stereocenters. The number of aryl methyl sites for hydroxylation is 4. The smallest absolute Gasteiger partial charge is 0.274 e. The molecule has 132 valence electrons. The topological polar surface area (TPSA) is 110 Å². The minimum Gasteiger partial charge on any atom is -0.361 e. The zero-order chi connectivity index (χ0) is 18.0. The van der Waals surface area contributed by atoms with Gasteiger partial charge < -0.3 is 14.4 Å². The summed E-state index contributed by atoms with van der Waals surface area (Å²) < 4.78 is 10.4. The van der Waals surface area contributed by atoms with Crippen molar-refractivity contribution in [3.63, 3.8) is 0 Å². The Morgan fingerprint density at radius 1 is 1.20 bits per heavy atom. The number of amides is 1. The van der Waals surface area contributed by atoms with Crippen molar-refractivity contribution < 1.29 is 13.8 Å². The van der Waals surface area contributed by atoms with Crippen molar-refractivity contribution in [1.29, 1.82) is 0 Å². The Morgan fingerprint density at radius 2 is 2.00 bits per heavy atom. The number of nitrogens with zero attached hydrogens (tertiary/aromatic N) is 3. The van der Waals surface area contributed by atoms with E-state index < -0.39 is 0 Å². The second kappa shape index (κ2) is 6.92. The lowest BCUT2D eigenvalue weighted by Crippen LogP contribution is -2.24. The number of aromatic amines is 1. The number of carbonyl (C=O) groups is 1. The molecule has 1 amide bonds. The number of H-pyrrole nitrogens is 1. The fraction of sp³-hybridized carbons (Fsp3) is 0.412. The molecule has 0 bridgehead atoms. The van der Waals surface area contributed by atoms with E-state index in [1.165, 1.54) is 0 Å². The summed E-state index contributed by atoms with van der Waals surface area (Å²) in [7, 11) is 0. The van der Waals surface area contributed by atoms with Crippen LogP contribution in [-0.4, -0.2) is 26.4 Å². The molecule has 3 aromatic heterocycles. The third-order valence-corrected chi connectivity index (χ3v) is 4.23. The van der Waals surface area contributed by atoms with Gasteiger partial charge in [-0.15, -0.1) is 0 Å². The number of hydrogen-bond acceptors (Lipinski definition) is 6. The van der Waals surface area contributed by atoms with Crippen molar-refractivity contribution in [2.75, 3.05) is 0 Å². The van der Waals surface area contributed by atoms with Gasteiger partial charge in [-0.1, -0.05) is 17.2 Å². The largest absolute Gasteiger partial charge is 0.361 e. The van der Waals surface area contributed by atoms with Gasteiger partial charge in [0.2, 0.25) is 0 Å². The summed E-state index contributed by atoms with van der Waals surface area (Å²) in [5.74, 6) is 0.923. The lowest BCUT2D eigenvalue weighted by Gasteiger charge is -2.04. The van der Waals surface area contributed by atoms with Crippen molar-refractivity contribution in [3.8, 4) is 0 Å². The molecule has 25 heavy (non-hydrogen) atoms. The van der Waals surface area contributed by atoms with Gasteiger partial charge >= 0.3 is 0 Å². The predicted octanol–water partition coefficient (Wildman–Crippen LogP) is 2.39. The first-order chi connectivity index (χ1) is 12.0. The Labute approximate surface area is 145 Å². The van der Waals surface area contributed by atoms with Crippen LogP contribution < -0.4 is 5.32 Å². The summed E-state index contributed by atoms with van der Waals surface area (Å²) in [6.45, 7) is 7.92. The van der Waals surface area contributed by atoms with Gasteiger partial charge in [0.15, 0.2) is 11.5 Å². The van der Waals surface area contributed by atoms with E-state index in [2.05, 4.69) is 25.8 Å². The first-order valence-corrected chi connectivity index (χ1v) is 8.17. The molecule has 0 aliphatic carbocycles. The van der Waals surface area contributed by atoms with Crippen LogP contribution in [0.1, 0.15) is 57.1 Å². The number of carbonyl (C=O) groups excluding carboxylic acids is 1. The molecule has 0 radical (unpaired) electrons. The maximum Gasteiger partial charge on any atom is 0.274 e. The Hall–Kier alpha value is -2.90. The third kappa shape index (κ3) is 3.47. The zero-order valence-electron chi connectivity index (χ0n) is 14.8. The fourth-order valence-corrected chi connectivity index (χ4v) is 2.65. The average molecular weight is 343 g/mol. The Bertz CT molecular complexity index is 871. The van der Waals surface area contributed by atoms with Gasteiger partial charge in [0.05, 0.1) is 17.9 Å². The van der Waals surface area contributed by atoms with E-state index in [4.69, 9.17) is 9.05 Å². The number of nitrogens with one attached hydrogen (secondary N) is 2. The molecule has 3 aromatic rings. The van der Waals surface area contributed by atoms with Gasteiger partial charge in [0, 0.05) is 29.3 Å². The maximum atomic E-state index is 12.5. The summed E-state index contributed by atoms with van der Waals surface area (Å²) in [5.41, 5.74) is 4.82. The van der Waals surface area contributed by atoms with E-state index in [0.717, 1.165) is 34.6 Å². The minimum absolute atomic E-state index is 0.251. The highest BCUT2D eigenvalue weighted by Gasteiger charge is 2.22. The quantitative estimate of drug-likeness (QED) is 0.711. The molecule has 0 saturated heterocycles. The number of hydrogen-bond donors (Lipinski definition) is 2. The minimum atomic E-state index is -0.305. The summed E-state index contributed by atoms with van der Waals surface area (Å²) in [6, 6.07) is 1.83. The number of rotatable bonds is 6. The lowest BCUT2D eigenvalue weighted by atomic mass is 10.0. The van der Waals surface area contributed by atoms with Crippen LogP contribution in [0.15, 0.2) is 15.1 Å². The van der Waals surface area contributed by atoms with E-state index in [9.17, 15) is 4.79 Å². The van der Waals surface area contributed by atoms with Gasteiger partial charge in [-0.3, -0.25) is 9.89 Å². The average Bonchev–Trinajstić information content (AvgIpc) is 3.29. The van der Waals surface area contributed by atoms with Crippen molar-refractivity contribution in [1.82, 2.24) is 25.8 Å². The molecule has 2 N–H and O–H groups in total. The maximum absolute atomic E-state index is 12.5. The summed E-state index contributed by atoms with van der Waals surface area (Å²) >= 11 is 0. The monoisotopic (exact) mass is 343 g/mol. The van der Waals surface area contributed by atoms with Crippen LogP contribution in [0.2, 0.25) is 0 Å². The molecule has 0 atom stereocenters. The Morgan fingerprint density at radius 3 is 2.64 bits per heavy atom. The van der Waals surface area contributed by atoms with E-state index in [1.54, 1.807) is 6.92 Å². The molecular weight excluding hydrogens is 322 g/mol. The zero-order valence-corrected chi connectivity index (χ0v) is 14.8. The Balaban J connectivity index is 1.75. The van der Waals surface area contributed by atoms with Gasteiger partial charge in [-0.25, -0.2) is 0 Å². The van der Waals surface area contributed by atoms with Crippen LogP contribution in [0.5, 0.6) is 0 Å². The fourth-order valence-electron chi connectivity index (χ4n) is 2.65. The molecule has 0 spiro atoms. The summed E-state index contributed by atoms with van der Waals surface area (Å²) in [4.78, 5) is 12.5. The van der Waals surface area contributed by atoms with Crippen LogP contribution in [0.4, 0.5) is 0 Å². The highest BCUT2D eigenvalue weighted by atomic mass is 16.5. The molecule has 8 heteroatoms. The van der Waals surface area contributed by atoms with E-state index >= 15 is 0 Å². The molecule has 3 rings (SSSR count). The highest BCUT2D eigenvalue weighted by Crippen LogP contribution is 2.21. The summed E-state index contributed by atoms with van der Waals surface area (Å²) in [6.07, 6.45) is 1.32. The first-order valence-electron chi connectivity index (χ1n) is 8.17. The SMILES string of the molecule is CCc1cc(CNC(=O)c2noc(C)c2Cc2c(C)n[nH]c2C)on1. The van der Waals surface area contributed by atoms with Crippen LogP contribution in [0, 0.1) is 20.8 Å². The lowest BCUT2D eigenvalue weighted by molar-refractivity contribution is 0.0937. The molecule has 3 heterocycles. The van der Waals surface area contributed by atoms with E-state index in [-0.39, 0.29) is 18.1 Å². The van der Waals surface area contributed by atoms with E-state index in [1.807, 2.05) is 26.8 Å². The normalized spacial score (nSPS) is 11.0. The Kier molecular flexibility index (Phi) is 4.69. The first kappa shape index (κ1) is 16.9. The standard InChI is InChI=1S/C17H21N5O3/c1-5-12-6-13(25-21-12)8-18-17(23)16-15(11(4)24-22-16)7-14-9(2)19-20-10(14)3/h6H,5,7-8H2,1-4H3,(H,18,23)(H,19,20). The van der Waals surface area contributed by atoms with Crippen LogP contribution in [0.3, 0.4) is 0 Å². The summed E-state index contributed by atoms with van der Waals surface area (Å²) in [5, 5.41) is 17.8. The van der Waals surface area contributed by atoms with Crippen molar-refractivity contribution in [3.05, 3.63) is 51.5 Å². The van der Waals surface area contributed by atoms with Gasteiger partial charge in [-0.2, -0.15) is 5.10 Å². The third-order valence-electron chi connectivity index (χ3n) is 4.23. The van der Waals surface area contributed by atoms with Crippen LogP contribution >= 0.6 is 0 Å². The van der Waals surface area contributed by atoms with Crippen LogP contribution in [-0.2, 0) is 19.4 Å². The molecule has 0 aliphatic rings. The number of aromatic nitrogens is 4. The molecule has 0 aromatic carbocycles. The van der Waals surface area contributed by atoms with Gasteiger partial charge in [0.25, 0.3) is 5.91 Å². The molecule has 0 aliphatic heterocycles. The molecule has 0 saturated carbocycles. The van der Waals surface area contributed by atoms with E-state index in [0.29, 0.717) is 17.9 Å². The van der Waals surface area contributed by atoms with Crippen molar-refractivity contribution >= 4 is 5.91 Å². The van der Waals surface area contributed by atoms with Crippen molar-refractivity contribution in [2.45, 2.75) is 47.1 Å². The molecule has 0 fully saturated rings. The molecular formula is C17H21N5O3. The molecule has 8 nitrogen and oxygen atoms in total. The second-order valence-corrected chi connectivity index (χ2v) is 5.98. The van der Waals surface area contributed by atoms with Gasteiger partial charge in [-0.05, 0) is 27.2 Å². The highest BCUT2D eigenvalue weighted by molar-refractivity contribution is 5.93.